The van der Waals surface area contributed by atoms with Gasteiger partial charge in [-0.2, -0.15) is 0 Å². The third-order valence-corrected chi connectivity index (χ3v) is 4.96. The number of hydrogen-bond acceptors (Lipinski definition) is 4. The van der Waals surface area contributed by atoms with Crippen molar-refractivity contribution in [1.29, 1.82) is 0 Å². The Morgan fingerprint density at radius 3 is 2.38 bits per heavy atom. The van der Waals surface area contributed by atoms with Gasteiger partial charge in [-0.1, -0.05) is 42.5 Å². The van der Waals surface area contributed by atoms with Crippen molar-refractivity contribution < 1.29 is 24.2 Å². The number of carbonyl (C=O) groups excluding carboxylic acids is 1. The molecule has 6 heteroatoms. The molecule has 1 amide bonds. The maximum Gasteiger partial charge on any atom is 0.308 e. The van der Waals surface area contributed by atoms with Gasteiger partial charge in [-0.15, -0.1) is 0 Å². The van der Waals surface area contributed by atoms with E-state index in [1.54, 1.807) is 17.0 Å². The fourth-order valence-corrected chi connectivity index (χ4v) is 3.62. The first-order valence-corrected chi connectivity index (χ1v) is 8.58. The molecule has 1 N–H and O–H groups in total. The fourth-order valence-electron chi connectivity index (χ4n) is 3.62. The molecule has 1 fully saturated rings. The second kappa shape index (κ2) is 6.71. The monoisotopic (exact) mass is 353 g/mol. The SMILES string of the molecule is O=C(O)[C@@H]1CN(C(=O)C2COc3ccccc3O2)C[C@@H]1c1ccccc1. The Labute approximate surface area is 151 Å². The lowest BCUT2D eigenvalue weighted by atomic mass is 9.89. The minimum atomic E-state index is -0.889. The molecule has 2 heterocycles. The standard InChI is InChI=1S/C20H19NO5/c22-19(18-12-25-16-8-4-5-9-17(16)26-18)21-10-14(15(11-21)20(23)24)13-6-2-1-3-7-13/h1-9,14-15,18H,10-12H2,(H,23,24)/t14-,15-,18?/m1/s1. The van der Waals surface area contributed by atoms with Crippen molar-refractivity contribution in [2.45, 2.75) is 12.0 Å². The predicted molar refractivity (Wildman–Crippen MR) is 93.2 cm³/mol. The van der Waals surface area contributed by atoms with Crippen molar-refractivity contribution in [2.75, 3.05) is 19.7 Å². The molecule has 4 rings (SSSR count). The van der Waals surface area contributed by atoms with Crippen LogP contribution in [0, 0.1) is 5.92 Å². The first kappa shape index (κ1) is 16.4. The van der Waals surface area contributed by atoms with Crippen molar-refractivity contribution in [2.24, 2.45) is 5.92 Å². The Balaban J connectivity index is 1.51. The average Bonchev–Trinajstić information content (AvgIpc) is 3.13. The number of hydrogen-bond donors (Lipinski definition) is 1. The summed E-state index contributed by atoms with van der Waals surface area (Å²) in [6.45, 7) is 0.663. The maximum atomic E-state index is 12.9. The van der Waals surface area contributed by atoms with Crippen molar-refractivity contribution in [3.05, 3.63) is 60.2 Å². The summed E-state index contributed by atoms with van der Waals surface area (Å²) in [6, 6.07) is 16.7. The normalized spacial score (nSPS) is 24.3. The Morgan fingerprint density at radius 2 is 1.65 bits per heavy atom. The van der Waals surface area contributed by atoms with Crippen LogP contribution in [0.1, 0.15) is 11.5 Å². The van der Waals surface area contributed by atoms with Crippen LogP contribution >= 0.6 is 0 Å². The number of carbonyl (C=O) groups is 2. The van der Waals surface area contributed by atoms with Gasteiger partial charge in [-0.3, -0.25) is 9.59 Å². The van der Waals surface area contributed by atoms with E-state index in [2.05, 4.69) is 0 Å². The third kappa shape index (κ3) is 2.98. The van der Waals surface area contributed by atoms with Gasteiger partial charge >= 0.3 is 5.97 Å². The molecule has 1 unspecified atom stereocenters. The van der Waals surface area contributed by atoms with Gasteiger partial charge in [0.05, 0.1) is 5.92 Å². The number of fused-ring (bicyclic) bond motifs is 1. The highest BCUT2D eigenvalue weighted by Crippen LogP contribution is 2.35. The predicted octanol–water partition coefficient (Wildman–Crippen LogP) is 2.15. The maximum absolute atomic E-state index is 12.9. The summed E-state index contributed by atoms with van der Waals surface area (Å²) in [5, 5.41) is 9.59. The first-order chi connectivity index (χ1) is 12.6. The lowest BCUT2D eigenvalue weighted by Gasteiger charge is -2.28. The number of rotatable bonds is 3. The van der Waals surface area contributed by atoms with E-state index in [1.807, 2.05) is 42.5 Å². The second-order valence-electron chi connectivity index (χ2n) is 6.57. The number of ether oxygens (including phenoxy) is 2. The van der Waals surface area contributed by atoms with Crippen LogP contribution in [0.25, 0.3) is 0 Å². The molecule has 134 valence electrons. The number of carboxylic acids is 1. The lowest BCUT2D eigenvalue weighted by molar-refractivity contribution is -0.143. The van der Waals surface area contributed by atoms with Gasteiger partial charge in [-0.25, -0.2) is 0 Å². The van der Waals surface area contributed by atoms with E-state index in [1.165, 1.54) is 0 Å². The van der Waals surface area contributed by atoms with Gasteiger partial charge in [0.2, 0.25) is 6.10 Å². The van der Waals surface area contributed by atoms with Gasteiger partial charge < -0.3 is 19.5 Å². The van der Waals surface area contributed by atoms with Crippen LogP contribution in [0.5, 0.6) is 11.5 Å². The largest absolute Gasteiger partial charge is 0.485 e. The van der Waals surface area contributed by atoms with E-state index < -0.39 is 18.0 Å². The summed E-state index contributed by atoms with van der Waals surface area (Å²) in [6.07, 6.45) is -0.756. The van der Waals surface area contributed by atoms with Crippen molar-refractivity contribution in [3.63, 3.8) is 0 Å². The van der Waals surface area contributed by atoms with Crippen LogP contribution in [-0.2, 0) is 9.59 Å². The molecule has 0 radical (unpaired) electrons. The number of nitrogens with zero attached hydrogens (tertiary/aromatic N) is 1. The zero-order valence-electron chi connectivity index (χ0n) is 14.1. The topological polar surface area (TPSA) is 76.1 Å². The highest BCUT2D eigenvalue weighted by atomic mass is 16.6. The molecule has 0 bridgehead atoms. The molecular formula is C20H19NO5. The van der Waals surface area contributed by atoms with Crippen LogP contribution in [0.15, 0.2) is 54.6 Å². The summed E-state index contributed by atoms with van der Waals surface area (Å²) in [5.41, 5.74) is 0.932. The van der Waals surface area contributed by atoms with Crippen molar-refractivity contribution in [1.82, 2.24) is 4.90 Å². The first-order valence-electron chi connectivity index (χ1n) is 8.58. The molecule has 2 aliphatic rings. The second-order valence-corrected chi connectivity index (χ2v) is 6.57. The van der Waals surface area contributed by atoms with Gasteiger partial charge in [0, 0.05) is 19.0 Å². The third-order valence-electron chi connectivity index (χ3n) is 4.96. The molecular weight excluding hydrogens is 334 g/mol. The minimum Gasteiger partial charge on any atom is -0.485 e. The molecule has 0 saturated carbocycles. The molecule has 1 saturated heterocycles. The molecule has 2 aromatic rings. The van der Waals surface area contributed by atoms with Crippen LogP contribution in [0.2, 0.25) is 0 Å². The number of para-hydroxylation sites is 2. The molecule has 3 atom stereocenters. The van der Waals surface area contributed by atoms with E-state index >= 15 is 0 Å². The highest BCUT2D eigenvalue weighted by molar-refractivity contribution is 5.84. The fraction of sp³-hybridized carbons (Fsp3) is 0.300. The molecule has 0 aliphatic carbocycles. The van der Waals surface area contributed by atoms with Crippen molar-refractivity contribution >= 4 is 11.9 Å². The Kier molecular flexibility index (Phi) is 4.24. The van der Waals surface area contributed by atoms with E-state index in [0.717, 1.165) is 5.56 Å². The van der Waals surface area contributed by atoms with E-state index in [9.17, 15) is 14.7 Å². The number of amides is 1. The number of aliphatic carboxylic acids is 1. The molecule has 0 aromatic heterocycles. The summed E-state index contributed by atoms with van der Waals surface area (Å²) < 4.78 is 11.4. The Bertz CT molecular complexity index is 822. The van der Waals surface area contributed by atoms with Crippen LogP contribution in [0.3, 0.4) is 0 Å². The van der Waals surface area contributed by atoms with Crippen LogP contribution < -0.4 is 9.47 Å². The van der Waals surface area contributed by atoms with Gasteiger partial charge in [0.15, 0.2) is 11.5 Å². The molecule has 2 aliphatic heterocycles. The molecule has 6 nitrogen and oxygen atoms in total. The van der Waals surface area contributed by atoms with Gasteiger partial charge in [0.25, 0.3) is 5.91 Å². The quantitative estimate of drug-likeness (QED) is 0.915. The average molecular weight is 353 g/mol. The van der Waals surface area contributed by atoms with Crippen LogP contribution in [0.4, 0.5) is 0 Å². The van der Waals surface area contributed by atoms with Gasteiger partial charge in [-0.05, 0) is 17.7 Å². The van der Waals surface area contributed by atoms with E-state index in [0.29, 0.717) is 18.0 Å². The molecule has 2 aromatic carbocycles. The summed E-state index contributed by atoms with van der Waals surface area (Å²) in [7, 11) is 0. The highest BCUT2D eigenvalue weighted by Gasteiger charge is 2.43. The summed E-state index contributed by atoms with van der Waals surface area (Å²) in [4.78, 5) is 26.2. The smallest absolute Gasteiger partial charge is 0.308 e. The molecule has 0 spiro atoms. The van der Waals surface area contributed by atoms with Gasteiger partial charge in [0.1, 0.15) is 6.61 Å². The number of likely N-dealkylation sites (tertiary alicyclic amines) is 1. The summed E-state index contributed by atoms with van der Waals surface area (Å²) in [5.74, 6) is -0.827. The van der Waals surface area contributed by atoms with Crippen molar-refractivity contribution in [3.8, 4) is 11.5 Å². The minimum absolute atomic E-state index is 0.125. The summed E-state index contributed by atoms with van der Waals surface area (Å²) >= 11 is 0. The number of carboxylic acid groups (broad SMARTS) is 1. The zero-order valence-corrected chi connectivity index (χ0v) is 14.1. The van der Waals surface area contributed by atoms with E-state index in [4.69, 9.17) is 9.47 Å². The Morgan fingerprint density at radius 1 is 0.962 bits per heavy atom. The molecule has 26 heavy (non-hydrogen) atoms. The number of benzene rings is 2. The van der Waals surface area contributed by atoms with E-state index in [-0.39, 0.29) is 25.0 Å². The zero-order chi connectivity index (χ0) is 18.1. The Hall–Kier alpha value is -3.02. The van der Waals surface area contributed by atoms with Crippen LogP contribution in [-0.4, -0.2) is 47.7 Å². The lowest BCUT2D eigenvalue weighted by Crippen LogP contribution is -2.45.